The molecule has 0 fully saturated rings. The lowest BCUT2D eigenvalue weighted by Crippen LogP contribution is -2.04. The molecule has 1 rings (SSSR count). The summed E-state index contributed by atoms with van der Waals surface area (Å²) in [5.74, 6) is -1.78. The number of nitrogens with zero attached hydrogens (tertiary/aromatic N) is 1. The average molecular weight is 211 g/mol. The van der Waals surface area contributed by atoms with Crippen LogP contribution in [-0.4, -0.2) is 4.98 Å². The Hall–Kier alpha value is -0.970. The van der Waals surface area contributed by atoms with Gasteiger partial charge in [0.2, 0.25) is 0 Å². The van der Waals surface area contributed by atoms with Gasteiger partial charge >= 0.3 is 0 Å². The number of nitrogens with two attached hydrogens (primary N) is 1. The quantitative estimate of drug-likeness (QED) is 0.762. The van der Waals surface area contributed by atoms with Crippen LogP contribution in [0.15, 0.2) is 6.20 Å². The zero-order chi connectivity index (χ0) is 10.0. The summed E-state index contributed by atoms with van der Waals surface area (Å²) in [7, 11) is 0. The van der Waals surface area contributed by atoms with Crippen molar-refractivity contribution in [3.05, 3.63) is 23.1 Å². The molecule has 0 aliphatic heterocycles. The van der Waals surface area contributed by atoms with Gasteiger partial charge in [0, 0.05) is 11.8 Å². The molecule has 0 aliphatic rings. The first-order valence-electron chi connectivity index (χ1n) is 3.34. The van der Waals surface area contributed by atoms with Crippen molar-refractivity contribution in [3.8, 4) is 0 Å². The molecule has 2 nitrogen and oxygen atoms in total. The maximum Gasteiger partial charge on any atom is 0.270 e. The van der Waals surface area contributed by atoms with Crippen LogP contribution in [0, 0.1) is 5.82 Å². The van der Waals surface area contributed by atoms with Crippen LogP contribution in [-0.2, 0) is 5.88 Å². The molecule has 0 aliphatic carbocycles. The molecule has 1 heterocycles. The van der Waals surface area contributed by atoms with Gasteiger partial charge in [-0.3, -0.25) is 0 Å². The number of anilines is 1. The van der Waals surface area contributed by atoms with Crippen molar-refractivity contribution in [2.24, 2.45) is 0 Å². The predicted octanol–water partition coefficient (Wildman–Crippen LogP) is 2.48. The molecule has 13 heavy (non-hydrogen) atoms. The smallest absolute Gasteiger partial charge is 0.270 e. The van der Waals surface area contributed by atoms with Crippen molar-refractivity contribution in [2.75, 3.05) is 5.73 Å². The molecule has 0 amide bonds. The molecule has 0 saturated heterocycles. The Kier molecular flexibility index (Phi) is 2.98. The normalized spacial score (nSPS) is 10.8. The Labute approximate surface area is 77.5 Å². The zero-order valence-electron chi connectivity index (χ0n) is 6.40. The summed E-state index contributed by atoms with van der Waals surface area (Å²) in [6.45, 7) is 0. The molecule has 0 spiro atoms. The van der Waals surface area contributed by atoms with Gasteiger partial charge in [-0.25, -0.2) is 18.2 Å². The molecule has 0 saturated carbocycles. The van der Waals surface area contributed by atoms with Gasteiger partial charge in [0.15, 0.2) is 0 Å². The van der Waals surface area contributed by atoms with Crippen LogP contribution in [0.25, 0.3) is 0 Å². The van der Waals surface area contributed by atoms with Crippen molar-refractivity contribution in [1.29, 1.82) is 0 Å². The van der Waals surface area contributed by atoms with E-state index in [-0.39, 0.29) is 11.4 Å². The topological polar surface area (TPSA) is 38.9 Å². The van der Waals surface area contributed by atoms with Crippen LogP contribution in [0.1, 0.15) is 17.6 Å². The number of rotatable bonds is 2. The number of hydrogen-bond acceptors (Lipinski definition) is 2. The van der Waals surface area contributed by atoms with E-state index in [0.717, 1.165) is 6.20 Å². The van der Waals surface area contributed by atoms with Gasteiger partial charge in [-0.1, -0.05) is 0 Å². The maximum absolute atomic E-state index is 13.1. The molecule has 2 N–H and O–H groups in total. The second-order valence-corrected chi connectivity index (χ2v) is 2.60. The number of halogens is 4. The summed E-state index contributed by atoms with van der Waals surface area (Å²) in [6, 6.07) is 0. The third kappa shape index (κ3) is 1.85. The van der Waals surface area contributed by atoms with E-state index in [1.807, 2.05) is 0 Å². The molecular formula is C7H6ClF3N2. The lowest BCUT2D eigenvalue weighted by atomic mass is 10.2. The van der Waals surface area contributed by atoms with Gasteiger partial charge in [-0.05, 0) is 0 Å². The van der Waals surface area contributed by atoms with Crippen LogP contribution in [0.4, 0.5) is 19.0 Å². The maximum atomic E-state index is 13.1. The standard InChI is InChI=1S/C7H6ClF3N2/c8-1-3-2-13-7(12)4(5(3)9)6(10)11/h2,6H,1H2,(H2,12,13). The van der Waals surface area contributed by atoms with E-state index in [9.17, 15) is 13.2 Å². The van der Waals surface area contributed by atoms with Crippen molar-refractivity contribution in [1.82, 2.24) is 4.98 Å². The Bertz CT molecular complexity index is 317. The van der Waals surface area contributed by atoms with Gasteiger partial charge in [-0.15, -0.1) is 11.6 Å². The summed E-state index contributed by atoms with van der Waals surface area (Å²) in [5, 5.41) is 0. The Morgan fingerprint density at radius 2 is 2.15 bits per heavy atom. The van der Waals surface area contributed by atoms with Crippen LogP contribution in [0.5, 0.6) is 0 Å². The molecule has 0 radical (unpaired) electrons. The highest BCUT2D eigenvalue weighted by molar-refractivity contribution is 6.17. The summed E-state index contributed by atoms with van der Waals surface area (Å²) >= 11 is 5.30. The second kappa shape index (κ2) is 3.83. The fraction of sp³-hybridized carbons (Fsp3) is 0.286. The van der Waals surface area contributed by atoms with Crippen molar-refractivity contribution in [2.45, 2.75) is 12.3 Å². The number of hydrogen-bond donors (Lipinski definition) is 1. The van der Waals surface area contributed by atoms with Crippen molar-refractivity contribution in [3.63, 3.8) is 0 Å². The average Bonchev–Trinajstić information content (AvgIpc) is 2.04. The van der Waals surface area contributed by atoms with Crippen LogP contribution in [0.2, 0.25) is 0 Å². The lowest BCUT2D eigenvalue weighted by molar-refractivity contribution is 0.146. The summed E-state index contributed by atoms with van der Waals surface area (Å²) < 4.78 is 37.5. The second-order valence-electron chi connectivity index (χ2n) is 2.33. The monoisotopic (exact) mass is 210 g/mol. The minimum Gasteiger partial charge on any atom is -0.383 e. The molecule has 6 heteroatoms. The first-order valence-corrected chi connectivity index (χ1v) is 3.88. The number of alkyl halides is 3. The van der Waals surface area contributed by atoms with E-state index >= 15 is 0 Å². The SMILES string of the molecule is Nc1ncc(CCl)c(F)c1C(F)F. The highest BCUT2D eigenvalue weighted by Gasteiger charge is 2.20. The molecule has 0 atom stereocenters. The highest BCUT2D eigenvalue weighted by atomic mass is 35.5. The van der Waals surface area contributed by atoms with Crippen molar-refractivity contribution < 1.29 is 13.2 Å². The predicted molar refractivity (Wildman–Crippen MR) is 43.1 cm³/mol. The third-order valence-corrected chi connectivity index (χ3v) is 1.80. The van der Waals surface area contributed by atoms with E-state index in [0.29, 0.717) is 0 Å². The minimum absolute atomic E-state index is 0.0776. The molecule has 0 aromatic carbocycles. The fourth-order valence-corrected chi connectivity index (χ4v) is 1.05. The van der Waals surface area contributed by atoms with E-state index < -0.39 is 23.6 Å². The van der Waals surface area contributed by atoms with E-state index in [2.05, 4.69) is 4.98 Å². The largest absolute Gasteiger partial charge is 0.383 e. The number of aromatic nitrogens is 1. The zero-order valence-corrected chi connectivity index (χ0v) is 7.15. The van der Waals surface area contributed by atoms with Gasteiger partial charge in [-0.2, -0.15) is 0 Å². The fourth-order valence-electron chi connectivity index (χ4n) is 0.860. The molecule has 1 aromatic heterocycles. The Balaban J connectivity index is 3.30. The first kappa shape index (κ1) is 10.1. The lowest BCUT2D eigenvalue weighted by Gasteiger charge is -2.07. The molecule has 0 bridgehead atoms. The van der Waals surface area contributed by atoms with Crippen molar-refractivity contribution >= 4 is 17.4 Å². The molecule has 72 valence electrons. The number of pyridine rings is 1. The van der Waals surface area contributed by atoms with Gasteiger partial charge in [0.05, 0.1) is 11.4 Å². The summed E-state index contributed by atoms with van der Waals surface area (Å²) in [6.07, 6.45) is -1.93. The summed E-state index contributed by atoms with van der Waals surface area (Å²) in [5.41, 5.74) is 4.12. The Morgan fingerprint density at radius 3 is 2.62 bits per heavy atom. The molecular weight excluding hydrogens is 205 g/mol. The van der Waals surface area contributed by atoms with E-state index in [4.69, 9.17) is 17.3 Å². The van der Waals surface area contributed by atoms with Crippen LogP contribution in [0.3, 0.4) is 0 Å². The number of nitrogen functional groups attached to an aromatic ring is 1. The highest BCUT2D eigenvalue weighted by Crippen LogP contribution is 2.28. The van der Waals surface area contributed by atoms with Gasteiger partial charge in [0.25, 0.3) is 6.43 Å². The molecule has 1 aromatic rings. The first-order chi connectivity index (χ1) is 6.07. The Morgan fingerprint density at radius 1 is 1.54 bits per heavy atom. The van der Waals surface area contributed by atoms with Gasteiger partial charge in [0.1, 0.15) is 11.6 Å². The molecule has 0 unspecified atom stereocenters. The summed E-state index contributed by atoms with van der Waals surface area (Å²) in [4.78, 5) is 3.41. The minimum atomic E-state index is -2.98. The third-order valence-electron chi connectivity index (χ3n) is 1.52. The van der Waals surface area contributed by atoms with Crippen LogP contribution >= 0.6 is 11.6 Å². The van der Waals surface area contributed by atoms with E-state index in [1.54, 1.807) is 0 Å². The van der Waals surface area contributed by atoms with E-state index in [1.165, 1.54) is 0 Å². The van der Waals surface area contributed by atoms with Gasteiger partial charge < -0.3 is 5.73 Å². The van der Waals surface area contributed by atoms with Crippen LogP contribution < -0.4 is 5.73 Å².